The molecule has 0 aromatic heterocycles. The minimum atomic E-state index is -3.83. The van der Waals surface area contributed by atoms with Crippen LogP contribution in [0.2, 0.25) is 0 Å². The SMILES string of the molecule is Cc1ccc(S(=O)(=O)OC[C@@H]2OCO[C@H]2[C@H]2OCO[C@H]2C)cc1. The van der Waals surface area contributed by atoms with Crippen LogP contribution in [0.3, 0.4) is 0 Å². The first kappa shape index (κ1) is 16.8. The van der Waals surface area contributed by atoms with Gasteiger partial charge in [0.15, 0.2) is 0 Å². The van der Waals surface area contributed by atoms with Crippen LogP contribution in [0.5, 0.6) is 0 Å². The first-order chi connectivity index (χ1) is 11.0. The van der Waals surface area contributed by atoms with Crippen molar-refractivity contribution in [2.75, 3.05) is 20.2 Å². The number of benzene rings is 1. The number of aryl methyl sites for hydroxylation is 1. The quantitative estimate of drug-likeness (QED) is 0.743. The summed E-state index contributed by atoms with van der Waals surface area (Å²) >= 11 is 0. The second-order valence-corrected chi connectivity index (χ2v) is 7.24. The molecule has 23 heavy (non-hydrogen) atoms. The van der Waals surface area contributed by atoms with Crippen LogP contribution in [-0.4, -0.2) is 53.0 Å². The normalized spacial score (nSPS) is 31.6. The van der Waals surface area contributed by atoms with Crippen LogP contribution >= 0.6 is 0 Å². The predicted octanol–water partition coefficient (Wildman–Crippen LogP) is 1.20. The van der Waals surface area contributed by atoms with Crippen LogP contribution in [0.25, 0.3) is 0 Å². The topological polar surface area (TPSA) is 80.3 Å². The average molecular weight is 344 g/mol. The predicted molar refractivity (Wildman–Crippen MR) is 79.2 cm³/mol. The summed E-state index contributed by atoms with van der Waals surface area (Å²) in [5.41, 5.74) is 0.976. The van der Waals surface area contributed by atoms with Gasteiger partial charge >= 0.3 is 0 Å². The van der Waals surface area contributed by atoms with Crippen molar-refractivity contribution in [3.05, 3.63) is 29.8 Å². The lowest BCUT2D eigenvalue weighted by atomic mass is 10.0. The Labute approximate surface area is 135 Å². The molecule has 0 radical (unpaired) electrons. The van der Waals surface area contributed by atoms with Crippen LogP contribution in [0.1, 0.15) is 12.5 Å². The number of rotatable bonds is 5. The Kier molecular flexibility index (Phi) is 5.00. The second-order valence-electron chi connectivity index (χ2n) is 5.63. The Balaban J connectivity index is 1.63. The molecule has 2 saturated heterocycles. The van der Waals surface area contributed by atoms with E-state index in [2.05, 4.69) is 0 Å². The van der Waals surface area contributed by atoms with Crippen molar-refractivity contribution in [2.45, 2.75) is 43.2 Å². The molecule has 128 valence electrons. The van der Waals surface area contributed by atoms with Crippen LogP contribution in [0.4, 0.5) is 0 Å². The van der Waals surface area contributed by atoms with Gasteiger partial charge in [0.25, 0.3) is 10.1 Å². The summed E-state index contributed by atoms with van der Waals surface area (Å²) in [6.45, 7) is 3.90. The fourth-order valence-corrected chi connectivity index (χ4v) is 3.52. The van der Waals surface area contributed by atoms with Gasteiger partial charge in [0, 0.05) is 0 Å². The van der Waals surface area contributed by atoms with E-state index in [4.69, 9.17) is 23.1 Å². The molecule has 0 unspecified atom stereocenters. The summed E-state index contributed by atoms with van der Waals surface area (Å²) in [5.74, 6) is 0. The zero-order chi connectivity index (χ0) is 16.4. The van der Waals surface area contributed by atoms with Gasteiger partial charge in [0.2, 0.25) is 0 Å². The van der Waals surface area contributed by atoms with Crippen molar-refractivity contribution in [1.29, 1.82) is 0 Å². The Morgan fingerprint density at radius 2 is 1.70 bits per heavy atom. The third kappa shape index (κ3) is 3.73. The summed E-state index contributed by atoms with van der Waals surface area (Å²) < 4.78 is 51.3. The maximum atomic E-state index is 12.2. The Morgan fingerprint density at radius 1 is 1.04 bits per heavy atom. The molecule has 1 aromatic carbocycles. The second kappa shape index (κ2) is 6.84. The van der Waals surface area contributed by atoms with Gasteiger partial charge in [0.05, 0.1) is 17.6 Å². The molecular formula is C15H20O7S. The molecule has 7 nitrogen and oxygen atoms in total. The molecule has 0 saturated carbocycles. The first-order valence-corrected chi connectivity index (χ1v) is 8.81. The maximum Gasteiger partial charge on any atom is 0.297 e. The van der Waals surface area contributed by atoms with Gasteiger partial charge in [-0.2, -0.15) is 8.42 Å². The molecule has 0 amide bonds. The van der Waals surface area contributed by atoms with E-state index in [0.29, 0.717) is 0 Å². The monoisotopic (exact) mass is 344 g/mol. The van der Waals surface area contributed by atoms with Crippen molar-refractivity contribution in [3.63, 3.8) is 0 Å². The lowest BCUT2D eigenvalue weighted by Gasteiger charge is -2.23. The molecule has 0 bridgehead atoms. The molecule has 0 N–H and O–H groups in total. The minimum absolute atomic E-state index is 0.0792. The highest BCUT2D eigenvalue weighted by atomic mass is 32.2. The molecule has 8 heteroatoms. The van der Waals surface area contributed by atoms with E-state index in [1.165, 1.54) is 12.1 Å². The maximum absolute atomic E-state index is 12.2. The third-order valence-electron chi connectivity index (χ3n) is 3.98. The van der Waals surface area contributed by atoms with Crippen molar-refractivity contribution < 1.29 is 31.5 Å². The van der Waals surface area contributed by atoms with E-state index in [1.807, 2.05) is 13.8 Å². The number of hydrogen-bond acceptors (Lipinski definition) is 7. The summed E-state index contributed by atoms with van der Waals surface area (Å²) in [5, 5.41) is 0. The largest absolute Gasteiger partial charge is 0.350 e. The Morgan fingerprint density at radius 3 is 2.35 bits per heavy atom. The molecule has 2 aliphatic rings. The van der Waals surface area contributed by atoms with Crippen LogP contribution in [0, 0.1) is 6.92 Å². The molecule has 4 atom stereocenters. The van der Waals surface area contributed by atoms with Crippen LogP contribution in [0.15, 0.2) is 29.2 Å². The number of ether oxygens (including phenoxy) is 4. The summed E-state index contributed by atoms with van der Waals surface area (Å²) in [6.07, 6.45) is -1.38. The highest BCUT2D eigenvalue weighted by Crippen LogP contribution is 2.26. The molecule has 2 fully saturated rings. The number of hydrogen-bond donors (Lipinski definition) is 0. The molecule has 1 aromatic rings. The molecule has 2 heterocycles. The Hall–Kier alpha value is -1.03. The van der Waals surface area contributed by atoms with Gasteiger partial charge in [-0.25, -0.2) is 0 Å². The summed E-state index contributed by atoms with van der Waals surface area (Å²) in [4.78, 5) is 0.118. The highest BCUT2D eigenvalue weighted by Gasteiger charge is 2.43. The summed E-state index contributed by atoms with van der Waals surface area (Å²) in [6, 6.07) is 6.48. The molecule has 2 aliphatic heterocycles. The fourth-order valence-electron chi connectivity index (χ4n) is 2.60. The van der Waals surface area contributed by atoms with Gasteiger partial charge < -0.3 is 18.9 Å². The zero-order valence-electron chi connectivity index (χ0n) is 13.0. The minimum Gasteiger partial charge on any atom is -0.350 e. The lowest BCUT2D eigenvalue weighted by molar-refractivity contribution is -0.0327. The fraction of sp³-hybridized carbons (Fsp3) is 0.600. The van der Waals surface area contributed by atoms with Gasteiger partial charge in [-0.3, -0.25) is 4.18 Å². The third-order valence-corrected chi connectivity index (χ3v) is 5.28. The average Bonchev–Trinajstić information content (AvgIpc) is 3.14. The van der Waals surface area contributed by atoms with E-state index >= 15 is 0 Å². The van der Waals surface area contributed by atoms with Gasteiger partial charge in [-0.1, -0.05) is 17.7 Å². The van der Waals surface area contributed by atoms with Crippen molar-refractivity contribution in [1.82, 2.24) is 0 Å². The van der Waals surface area contributed by atoms with Crippen LogP contribution in [-0.2, 0) is 33.2 Å². The first-order valence-electron chi connectivity index (χ1n) is 7.40. The zero-order valence-corrected chi connectivity index (χ0v) is 13.8. The van der Waals surface area contributed by atoms with Gasteiger partial charge in [-0.05, 0) is 26.0 Å². The Bertz CT molecular complexity index is 628. The van der Waals surface area contributed by atoms with E-state index in [-0.39, 0.29) is 37.3 Å². The summed E-state index contributed by atoms with van der Waals surface area (Å²) in [7, 11) is -3.83. The van der Waals surface area contributed by atoms with Gasteiger partial charge in [0.1, 0.15) is 31.9 Å². The highest BCUT2D eigenvalue weighted by molar-refractivity contribution is 7.86. The van der Waals surface area contributed by atoms with E-state index in [1.54, 1.807) is 12.1 Å². The van der Waals surface area contributed by atoms with Crippen LogP contribution < -0.4 is 0 Å². The lowest BCUT2D eigenvalue weighted by Crippen LogP contribution is -2.42. The van der Waals surface area contributed by atoms with Crippen molar-refractivity contribution in [2.24, 2.45) is 0 Å². The standard InChI is InChI=1S/C15H20O7S/c1-10-3-5-12(6-4-10)23(16,17)22-7-13-15(21-9-19-13)14-11(2)18-8-20-14/h3-6,11,13-15H,7-9H2,1-2H3/t11-,13-,14-,15+/m0/s1. The molecule has 3 rings (SSSR count). The van der Waals surface area contributed by atoms with Gasteiger partial charge in [-0.15, -0.1) is 0 Å². The van der Waals surface area contributed by atoms with E-state index in [0.717, 1.165) is 5.56 Å². The smallest absolute Gasteiger partial charge is 0.297 e. The van der Waals surface area contributed by atoms with E-state index < -0.39 is 22.3 Å². The molecule has 0 aliphatic carbocycles. The van der Waals surface area contributed by atoms with E-state index in [9.17, 15) is 8.42 Å². The van der Waals surface area contributed by atoms with Crippen molar-refractivity contribution >= 4 is 10.1 Å². The van der Waals surface area contributed by atoms with Crippen molar-refractivity contribution in [3.8, 4) is 0 Å². The molecular weight excluding hydrogens is 324 g/mol. The molecule has 0 spiro atoms.